The van der Waals surface area contributed by atoms with Crippen molar-refractivity contribution in [3.63, 3.8) is 0 Å². The van der Waals surface area contributed by atoms with Gasteiger partial charge >= 0.3 is 0 Å². The fourth-order valence-electron chi connectivity index (χ4n) is 1.70. The monoisotopic (exact) mass is 308 g/mol. The summed E-state index contributed by atoms with van der Waals surface area (Å²) in [4.78, 5) is 15.9. The number of amides is 1. The summed E-state index contributed by atoms with van der Waals surface area (Å²) in [7, 11) is 0. The van der Waals surface area contributed by atoms with E-state index in [4.69, 9.17) is 5.21 Å². The van der Waals surface area contributed by atoms with Gasteiger partial charge in [-0.2, -0.15) is 5.10 Å². The lowest BCUT2D eigenvalue weighted by Gasteiger charge is -2.00. The molecule has 0 aliphatic carbocycles. The van der Waals surface area contributed by atoms with Gasteiger partial charge in [-0.05, 0) is 30.7 Å². The summed E-state index contributed by atoms with van der Waals surface area (Å²) in [6, 6.07) is 12.9. The second-order valence-electron chi connectivity index (χ2n) is 4.65. The number of rotatable bonds is 5. The Morgan fingerprint density at radius 3 is 2.65 bits per heavy atom. The first-order chi connectivity index (χ1) is 11.2. The highest BCUT2D eigenvalue weighted by Gasteiger charge is 2.04. The smallest absolute Gasteiger partial charge is 0.272 e. The van der Waals surface area contributed by atoms with Gasteiger partial charge in [0.1, 0.15) is 0 Å². The number of hydrogen-bond acceptors (Lipinski definition) is 5. The molecule has 1 aromatic heterocycles. The molecule has 0 fully saturated rings. The van der Waals surface area contributed by atoms with Crippen LogP contribution >= 0.6 is 0 Å². The van der Waals surface area contributed by atoms with Crippen LogP contribution in [0.2, 0.25) is 0 Å². The van der Waals surface area contributed by atoms with E-state index in [-0.39, 0.29) is 5.91 Å². The summed E-state index contributed by atoms with van der Waals surface area (Å²) < 4.78 is 0. The Kier molecular flexibility index (Phi) is 5.76. The number of carbonyl (C=O) groups excluding carboxylic acids is 1. The Morgan fingerprint density at radius 2 is 2.00 bits per heavy atom. The van der Waals surface area contributed by atoms with Crippen LogP contribution in [0.4, 0.5) is 0 Å². The number of nitrogens with zero attached hydrogens (tertiary/aromatic N) is 3. The molecule has 0 spiro atoms. The lowest BCUT2D eigenvalue weighted by molar-refractivity contribution is 0.0954. The van der Waals surface area contributed by atoms with Crippen molar-refractivity contribution in [3.05, 3.63) is 71.6 Å². The predicted octanol–water partition coefficient (Wildman–Crippen LogP) is 2.71. The normalized spacial score (nSPS) is 12.0. The van der Waals surface area contributed by atoms with E-state index in [0.29, 0.717) is 17.0 Å². The molecular weight excluding hydrogens is 292 g/mol. The lowest BCUT2D eigenvalue weighted by Crippen LogP contribution is -2.19. The van der Waals surface area contributed by atoms with E-state index in [0.717, 1.165) is 5.56 Å². The van der Waals surface area contributed by atoms with E-state index in [1.54, 1.807) is 19.1 Å². The maximum atomic E-state index is 11.9. The van der Waals surface area contributed by atoms with Crippen LogP contribution in [0.1, 0.15) is 28.5 Å². The second kappa shape index (κ2) is 8.23. The minimum atomic E-state index is -0.363. The Balaban J connectivity index is 1.95. The van der Waals surface area contributed by atoms with Crippen LogP contribution < -0.4 is 5.43 Å². The molecule has 0 unspecified atom stereocenters. The number of aromatic nitrogens is 1. The van der Waals surface area contributed by atoms with Gasteiger partial charge in [0.15, 0.2) is 0 Å². The summed E-state index contributed by atoms with van der Waals surface area (Å²) in [6.45, 7) is 1.79. The van der Waals surface area contributed by atoms with Crippen molar-refractivity contribution in [3.8, 4) is 0 Å². The molecule has 0 bridgehead atoms. The number of allylic oxidation sites excluding steroid dienone is 1. The molecule has 1 amide bonds. The summed E-state index contributed by atoms with van der Waals surface area (Å²) >= 11 is 0. The molecular formula is C17H16N4O2. The van der Waals surface area contributed by atoms with Gasteiger partial charge in [0.05, 0.1) is 23.2 Å². The highest BCUT2D eigenvalue weighted by Crippen LogP contribution is 2.01. The molecule has 0 atom stereocenters. The maximum Gasteiger partial charge on any atom is 0.272 e. The fourth-order valence-corrected chi connectivity index (χ4v) is 1.70. The molecule has 2 aromatic rings. The van der Waals surface area contributed by atoms with Crippen molar-refractivity contribution in [2.75, 3.05) is 0 Å². The highest BCUT2D eigenvalue weighted by atomic mass is 16.4. The molecule has 1 heterocycles. The molecule has 23 heavy (non-hydrogen) atoms. The van der Waals surface area contributed by atoms with Gasteiger partial charge in [-0.15, -0.1) is 0 Å². The van der Waals surface area contributed by atoms with Crippen molar-refractivity contribution in [1.29, 1.82) is 0 Å². The van der Waals surface area contributed by atoms with Crippen molar-refractivity contribution < 1.29 is 10.0 Å². The highest BCUT2D eigenvalue weighted by molar-refractivity contribution is 5.99. The zero-order chi connectivity index (χ0) is 16.5. The second-order valence-corrected chi connectivity index (χ2v) is 4.65. The third-order valence-corrected chi connectivity index (χ3v) is 2.89. The predicted molar refractivity (Wildman–Crippen MR) is 89.7 cm³/mol. The summed E-state index contributed by atoms with van der Waals surface area (Å²) in [6.07, 6.45) is 6.29. The Hall–Kier alpha value is -3.28. The van der Waals surface area contributed by atoms with E-state index in [1.807, 2.05) is 42.5 Å². The van der Waals surface area contributed by atoms with Crippen molar-refractivity contribution in [2.24, 2.45) is 10.3 Å². The number of carbonyl (C=O) groups is 1. The van der Waals surface area contributed by atoms with Crippen LogP contribution in [0.25, 0.3) is 6.08 Å². The molecule has 6 nitrogen and oxygen atoms in total. The number of benzene rings is 1. The van der Waals surface area contributed by atoms with E-state index in [2.05, 4.69) is 20.7 Å². The standard InChI is InChI=1S/C17H16N4O2/c1-13(7-8-14-5-3-2-4-6-14)20-21-17(22)15-9-10-16(12-19-23)18-11-15/h2-12,23H,1H3,(H,21,22)/b8-7?,19-12+,20-13?. The van der Waals surface area contributed by atoms with Gasteiger partial charge in [0, 0.05) is 6.20 Å². The van der Waals surface area contributed by atoms with Gasteiger partial charge in [-0.25, -0.2) is 5.43 Å². The number of oxime groups is 1. The van der Waals surface area contributed by atoms with E-state index in [1.165, 1.54) is 12.4 Å². The molecule has 116 valence electrons. The number of hydrogen-bond donors (Lipinski definition) is 2. The van der Waals surface area contributed by atoms with E-state index in [9.17, 15) is 4.79 Å². The van der Waals surface area contributed by atoms with Crippen LogP contribution in [0, 0.1) is 0 Å². The van der Waals surface area contributed by atoms with Gasteiger partial charge in [0.2, 0.25) is 0 Å². The number of pyridine rings is 1. The Bertz CT molecular complexity index is 735. The van der Waals surface area contributed by atoms with Gasteiger partial charge in [-0.3, -0.25) is 9.78 Å². The van der Waals surface area contributed by atoms with Crippen molar-refractivity contribution >= 4 is 23.9 Å². The number of hydrazone groups is 1. The largest absolute Gasteiger partial charge is 0.411 e. The van der Waals surface area contributed by atoms with Crippen LogP contribution in [-0.2, 0) is 0 Å². The summed E-state index contributed by atoms with van der Waals surface area (Å²) in [5, 5.41) is 15.3. The lowest BCUT2D eigenvalue weighted by atomic mass is 10.2. The van der Waals surface area contributed by atoms with Crippen molar-refractivity contribution in [2.45, 2.75) is 6.92 Å². The first-order valence-electron chi connectivity index (χ1n) is 6.90. The van der Waals surface area contributed by atoms with Crippen LogP contribution in [0.5, 0.6) is 0 Å². The molecule has 1 aromatic carbocycles. The topological polar surface area (TPSA) is 86.9 Å². The SMILES string of the molecule is CC(C=Cc1ccccc1)=NNC(=O)c1ccc(/C=N/O)nc1. The summed E-state index contributed by atoms with van der Waals surface area (Å²) in [5.41, 5.74) is 5.00. The van der Waals surface area contributed by atoms with Crippen LogP contribution in [-0.4, -0.2) is 28.0 Å². The van der Waals surface area contributed by atoms with Gasteiger partial charge in [-0.1, -0.05) is 41.6 Å². The molecule has 0 aliphatic rings. The third kappa shape index (κ3) is 5.20. The molecule has 0 radical (unpaired) electrons. The van der Waals surface area contributed by atoms with E-state index >= 15 is 0 Å². The first-order valence-corrected chi connectivity index (χ1v) is 6.90. The molecule has 0 saturated carbocycles. The fraction of sp³-hybridized carbons (Fsp3) is 0.0588. The first kappa shape index (κ1) is 16.1. The van der Waals surface area contributed by atoms with Gasteiger partial charge in [0.25, 0.3) is 5.91 Å². The molecule has 2 N–H and O–H groups in total. The zero-order valence-corrected chi connectivity index (χ0v) is 12.5. The average Bonchev–Trinajstić information content (AvgIpc) is 2.59. The number of nitrogens with one attached hydrogen (secondary N) is 1. The Morgan fingerprint density at radius 1 is 1.22 bits per heavy atom. The third-order valence-electron chi connectivity index (χ3n) is 2.89. The van der Waals surface area contributed by atoms with E-state index < -0.39 is 0 Å². The molecule has 0 saturated heterocycles. The molecule has 6 heteroatoms. The zero-order valence-electron chi connectivity index (χ0n) is 12.5. The average molecular weight is 308 g/mol. The van der Waals surface area contributed by atoms with Crippen molar-refractivity contribution in [1.82, 2.24) is 10.4 Å². The quantitative estimate of drug-likeness (QED) is 0.506. The maximum absolute atomic E-state index is 11.9. The van der Waals surface area contributed by atoms with Gasteiger partial charge < -0.3 is 5.21 Å². The van der Waals surface area contributed by atoms with Crippen LogP contribution in [0.3, 0.4) is 0 Å². The minimum Gasteiger partial charge on any atom is -0.411 e. The molecule has 2 rings (SSSR count). The van der Waals surface area contributed by atoms with Crippen LogP contribution in [0.15, 0.2) is 65.0 Å². The Labute approximate surface area is 133 Å². The molecule has 0 aliphatic heterocycles. The summed E-state index contributed by atoms with van der Waals surface area (Å²) in [5.74, 6) is -0.363. The minimum absolute atomic E-state index is 0.363.